The lowest BCUT2D eigenvalue weighted by Gasteiger charge is -2.32. The largest absolute Gasteiger partial charge is 0.494 e. The second-order valence-electron chi connectivity index (χ2n) is 7.63. The minimum Gasteiger partial charge on any atom is -0.399 e. The molecule has 0 radical (unpaired) electrons. The summed E-state index contributed by atoms with van der Waals surface area (Å²) in [6.07, 6.45) is 3.78. The summed E-state index contributed by atoms with van der Waals surface area (Å²) in [5, 5.41) is 0. The quantitative estimate of drug-likeness (QED) is 0.780. The molecule has 2 fully saturated rings. The predicted molar refractivity (Wildman–Crippen MR) is 91.5 cm³/mol. The molecular weight excluding hydrogens is 273 g/mol. The highest BCUT2D eigenvalue weighted by Gasteiger charge is 2.51. The van der Waals surface area contributed by atoms with Gasteiger partial charge >= 0.3 is 7.12 Å². The smallest absolute Gasteiger partial charge is 0.399 e. The monoisotopic (exact) mass is 301 g/mol. The average Bonchev–Trinajstić information content (AvgIpc) is 2.62. The molecule has 2 aliphatic rings. The van der Waals surface area contributed by atoms with Crippen molar-refractivity contribution in [2.24, 2.45) is 0 Å². The summed E-state index contributed by atoms with van der Waals surface area (Å²) in [5.41, 5.74) is 1.98. The Hall–Kier alpha value is -0.835. The van der Waals surface area contributed by atoms with Crippen molar-refractivity contribution in [2.45, 2.75) is 58.2 Å². The highest BCUT2D eigenvalue weighted by Crippen LogP contribution is 2.36. The van der Waals surface area contributed by atoms with Crippen molar-refractivity contribution >= 4 is 12.6 Å². The number of likely N-dealkylation sites (tertiary alicyclic amines) is 1. The van der Waals surface area contributed by atoms with Crippen LogP contribution in [0, 0.1) is 0 Å². The van der Waals surface area contributed by atoms with Crippen molar-refractivity contribution in [1.29, 1.82) is 0 Å². The van der Waals surface area contributed by atoms with E-state index in [2.05, 4.69) is 56.9 Å². The van der Waals surface area contributed by atoms with E-state index < -0.39 is 0 Å². The molecule has 0 spiro atoms. The highest BCUT2D eigenvalue weighted by molar-refractivity contribution is 6.62. The molecule has 22 heavy (non-hydrogen) atoms. The lowest BCUT2D eigenvalue weighted by molar-refractivity contribution is 0.00578. The molecule has 0 N–H and O–H groups in total. The maximum atomic E-state index is 6.10. The molecule has 120 valence electrons. The van der Waals surface area contributed by atoms with Gasteiger partial charge in [-0.1, -0.05) is 24.3 Å². The molecule has 0 unspecified atom stereocenters. The molecular formula is C18H28BNO2. The average molecular weight is 301 g/mol. The van der Waals surface area contributed by atoms with Crippen LogP contribution in [-0.2, 0) is 15.7 Å². The number of hydrogen-bond acceptors (Lipinski definition) is 3. The maximum absolute atomic E-state index is 6.10. The Balaban J connectivity index is 1.55. The fourth-order valence-corrected chi connectivity index (χ4v) is 2.93. The van der Waals surface area contributed by atoms with E-state index in [1.54, 1.807) is 0 Å². The van der Waals surface area contributed by atoms with Gasteiger partial charge in [0.25, 0.3) is 0 Å². The van der Waals surface area contributed by atoms with Gasteiger partial charge in [0.05, 0.1) is 11.2 Å². The standard InChI is InChI=1S/C18H28BNO2/c1-17(2)18(3,4)22-19(21-17)16-10-8-15(9-11-16)7-5-12-20-13-6-14-20/h8-11H,5-7,12-14H2,1-4H3. The van der Waals surface area contributed by atoms with Crippen LogP contribution in [0.25, 0.3) is 0 Å². The van der Waals surface area contributed by atoms with Crippen LogP contribution in [-0.4, -0.2) is 42.9 Å². The van der Waals surface area contributed by atoms with Crippen LogP contribution in [0.3, 0.4) is 0 Å². The Morgan fingerprint density at radius 1 is 1.00 bits per heavy atom. The van der Waals surface area contributed by atoms with E-state index in [0.717, 1.165) is 11.9 Å². The first-order valence-electron chi connectivity index (χ1n) is 8.54. The minimum absolute atomic E-state index is 0.250. The molecule has 2 saturated heterocycles. The van der Waals surface area contributed by atoms with Gasteiger partial charge in [0, 0.05) is 0 Å². The summed E-state index contributed by atoms with van der Waals surface area (Å²) >= 11 is 0. The Morgan fingerprint density at radius 3 is 2.09 bits per heavy atom. The fourth-order valence-electron chi connectivity index (χ4n) is 2.93. The zero-order chi connectivity index (χ0) is 15.8. The minimum atomic E-state index is -0.270. The molecule has 0 amide bonds. The first-order valence-corrected chi connectivity index (χ1v) is 8.54. The Morgan fingerprint density at radius 2 is 1.59 bits per heavy atom. The van der Waals surface area contributed by atoms with Gasteiger partial charge in [-0.25, -0.2) is 0 Å². The van der Waals surface area contributed by atoms with Gasteiger partial charge in [0.1, 0.15) is 0 Å². The Kier molecular flexibility index (Phi) is 4.37. The van der Waals surface area contributed by atoms with Crippen LogP contribution in [0.2, 0.25) is 0 Å². The summed E-state index contributed by atoms with van der Waals surface area (Å²) in [4.78, 5) is 2.53. The number of rotatable bonds is 5. The highest BCUT2D eigenvalue weighted by atomic mass is 16.7. The number of nitrogens with zero attached hydrogens (tertiary/aromatic N) is 1. The van der Waals surface area contributed by atoms with Gasteiger partial charge in [-0.05, 0) is 77.6 Å². The van der Waals surface area contributed by atoms with Crippen LogP contribution in [0.5, 0.6) is 0 Å². The van der Waals surface area contributed by atoms with Gasteiger partial charge in [-0.15, -0.1) is 0 Å². The van der Waals surface area contributed by atoms with Crippen LogP contribution >= 0.6 is 0 Å². The van der Waals surface area contributed by atoms with E-state index in [4.69, 9.17) is 9.31 Å². The molecule has 2 aliphatic heterocycles. The van der Waals surface area contributed by atoms with E-state index in [9.17, 15) is 0 Å². The summed E-state index contributed by atoms with van der Waals surface area (Å²) < 4.78 is 12.2. The summed E-state index contributed by atoms with van der Waals surface area (Å²) in [5.74, 6) is 0. The van der Waals surface area contributed by atoms with E-state index in [0.29, 0.717) is 0 Å². The normalized spacial score (nSPS) is 23.5. The van der Waals surface area contributed by atoms with Crippen LogP contribution in [0.1, 0.15) is 46.1 Å². The Bertz CT molecular complexity index is 492. The van der Waals surface area contributed by atoms with Crippen molar-refractivity contribution < 1.29 is 9.31 Å². The van der Waals surface area contributed by atoms with Gasteiger partial charge in [-0.2, -0.15) is 0 Å². The van der Waals surface area contributed by atoms with Gasteiger partial charge in [0.15, 0.2) is 0 Å². The van der Waals surface area contributed by atoms with Crippen LogP contribution in [0.15, 0.2) is 24.3 Å². The number of benzene rings is 1. The summed E-state index contributed by atoms with van der Waals surface area (Å²) in [6, 6.07) is 8.75. The van der Waals surface area contributed by atoms with Crippen LogP contribution < -0.4 is 5.46 Å². The molecule has 4 heteroatoms. The fraction of sp³-hybridized carbons (Fsp3) is 0.667. The van der Waals surface area contributed by atoms with Gasteiger partial charge in [-0.3, -0.25) is 0 Å². The second-order valence-corrected chi connectivity index (χ2v) is 7.63. The topological polar surface area (TPSA) is 21.7 Å². The SMILES string of the molecule is CC1(C)OB(c2ccc(CCCN3CCC3)cc2)OC1(C)C. The summed E-state index contributed by atoms with van der Waals surface area (Å²) in [6.45, 7) is 12.2. The molecule has 3 nitrogen and oxygen atoms in total. The van der Waals surface area contributed by atoms with Gasteiger partial charge in [0.2, 0.25) is 0 Å². The first kappa shape index (κ1) is 16.0. The zero-order valence-corrected chi connectivity index (χ0v) is 14.4. The first-order chi connectivity index (χ1) is 10.4. The molecule has 0 bridgehead atoms. The third-order valence-corrected chi connectivity index (χ3v) is 5.39. The molecule has 3 rings (SSSR count). The third kappa shape index (κ3) is 3.24. The molecule has 2 heterocycles. The lowest BCUT2D eigenvalue weighted by Crippen LogP contribution is -2.41. The zero-order valence-electron chi connectivity index (χ0n) is 14.4. The molecule has 0 aromatic heterocycles. The van der Waals surface area contributed by atoms with Crippen molar-refractivity contribution in [3.63, 3.8) is 0 Å². The second kappa shape index (κ2) is 5.99. The molecule has 1 aromatic rings. The summed E-state index contributed by atoms with van der Waals surface area (Å²) in [7, 11) is -0.250. The molecule has 0 saturated carbocycles. The van der Waals surface area contributed by atoms with Crippen molar-refractivity contribution in [3.05, 3.63) is 29.8 Å². The number of aryl methyl sites for hydroxylation is 1. The van der Waals surface area contributed by atoms with E-state index in [-0.39, 0.29) is 18.3 Å². The van der Waals surface area contributed by atoms with E-state index in [1.807, 2.05) is 0 Å². The Labute approximate surface area is 135 Å². The third-order valence-electron chi connectivity index (χ3n) is 5.39. The van der Waals surface area contributed by atoms with Crippen molar-refractivity contribution in [2.75, 3.05) is 19.6 Å². The van der Waals surface area contributed by atoms with Crippen molar-refractivity contribution in [3.8, 4) is 0 Å². The number of hydrogen-bond donors (Lipinski definition) is 0. The van der Waals surface area contributed by atoms with Gasteiger partial charge < -0.3 is 14.2 Å². The molecule has 0 aliphatic carbocycles. The van der Waals surface area contributed by atoms with E-state index in [1.165, 1.54) is 38.0 Å². The van der Waals surface area contributed by atoms with Crippen molar-refractivity contribution in [1.82, 2.24) is 4.90 Å². The predicted octanol–water partition coefficient (Wildman–Crippen LogP) is 2.62. The van der Waals surface area contributed by atoms with E-state index >= 15 is 0 Å². The maximum Gasteiger partial charge on any atom is 0.494 e. The van der Waals surface area contributed by atoms with Crippen LogP contribution in [0.4, 0.5) is 0 Å². The molecule has 1 aromatic carbocycles. The lowest BCUT2D eigenvalue weighted by atomic mass is 9.78. The molecule has 0 atom stereocenters.